The Morgan fingerprint density at radius 2 is 1.55 bits per heavy atom. The van der Waals surface area contributed by atoms with E-state index in [2.05, 4.69) is 4.98 Å². The number of fused-ring (bicyclic) bond motifs is 1. The first-order valence-electron chi connectivity index (χ1n) is 13.8. The van der Waals surface area contributed by atoms with E-state index >= 15 is 0 Å². The highest BCUT2D eigenvalue weighted by Crippen LogP contribution is 2.37. The Bertz CT molecular complexity index is 1750. The van der Waals surface area contributed by atoms with Crippen LogP contribution in [0.25, 0.3) is 16.5 Å². The number of esters is 2. The summed E-state index contributed by atoms with van der Waals surface area (Å²) in [6.45, 7) is 7.71. The van der Waals surface area contributed by atoms with Crippen LogP contribution in [0.5, 0.6) is 5.75 Å². The Labute approximate surface area is 245 Å². The number of carbonyl (C=O) groups is 2. The number of nitrogens with zero attached hydrogens (tertiary/aromatic N) is 2. The van der Waals surface area contributed by atoms with Gasteiger partial charge in [-0.15, -0.1) is 0 Å². The monoisotopic (exact) mass is 562 g/mol. The molecule has 5 aromatic rings. The molecule has 0 radical (unpaired) electrons. The minimum absolute atomic E-state index is 0.351. The molecule has 0 unspecified atom stereocenters. The summed E-state index contributed by atoms with van der Waals surface area (Å²) in [4.78, 5) is 30.4. The van der Waals surface area contributed by atoms with Gasteiger partial charge < -0.3 is 18.8 Å². The van der Waals surface area contributed by atoms with Crippen molar-refractivity contribution >= 4 is 22.7 Å². The summed E-state index contributed by atoms with van der Waals surface area (Å²) in [5.41, 5.74) is 6.51. The summed E-state index contributed by atoms with van der Waals surface area (Å²) < 4.78 is 18.6. The number of aromatic nitrogens is 2. The molecule has 0 N–H and O–H groups in total. The van der Waals surface area contributed by atoms with Crippen molar-refractivity contribution in [2.24, 2.45) is 0 Å². The molecule has 7 heteroatoms. The van der Waals surface area contributed by atoms with Crippen molar-refractivity contribution in [3.05, 3.63) is 124 Å². The molecule has 0 saturated heterocycles. The molecule has 42 heavy (non-hydrogen) atoms. The van der Waals surface area contributed by atoms with E-state index in [1.54, 1.807) is 31.8 Å². The van der Waals surface area contributed by atoms with Crippen LogP contribution in [0.4, 0.5) is 0 Å². The fraction of sp³-hybridized carbons (Fsp3) is 0.229. The van der Waals surface area contributed by atoms with Crippen molar-refractivity contribution in [3.8, 4) is 11.4 Å². The van der Waals surface area contributed by atoms with E-state index in [-0.39, 0.29) is 5.97 Å². The highest BCUT2D eigenvalue weighted by atomic mass is 16.5. The number of benzene rings is 4. The van der Waals surface area contributed by atoms with Gasteiger partial charge in [-0.3, -0.25) is 4.79 Å². The summed E-state index contributed by atoms with van der Waals surface area (Å²) in [5, 5.41) is 2.04. The van der Waals surface area contributed by atoms with Gasteiger partial charge in [-0.2, -0.15) is 0 Å². The van der Waals surface area contributed by atoms with E-state index in [1.165, 1.54) is 7.11 Å². The van der Waals surface area contributed by atoms with Crippen molar-refractivity contribution in [3.63, 3.8) is 0 Å². The third kappa shape index (κ3) is 5.63. The second kappa shape index (κ2) is 11.9. The molecule has 0 saturated carbocycles. The fourth-order valence-electron chi connectivity index (χ4n) is 5.38. The van der Waals surface area contributed by atoms with Crippen molar-refractivity contribution in [2.45, 2.75) is 39.7 Å². The molecule has 4 aromatic carbocycles. The molecular formula is C35H34N2O5. The maximum Gasteiger partial charge on any atom is 0.337 e. The van der Waals surface area contributed by atoms with Gasteiger partial charge in [-0.25, -0.2) is 9.78 Å². The first kappa shape index (κ1) is 28.6. The van der Waals surface area contributed by atoms with Crippen molar-refractivity contribution in [1.82, 2.24) is 9.55 Å². The first-order chi connectivity index (χ1) is 20.2. The van der Waals surface area contributed by atoms with Crippen LogP contribution >= 0.6 is 0 Å². The fourth-order valence-corrected chi connectivity index (χ4v) is 5.38. The summed E-state index contributed by atoms with van der Waals surface area (Å²) in [6, 6.07) is 21.4. The SMILES string of the molecule is COC(=O)c1cc(C)c([C@H](OC(=O)[C@@H](C)c2ccc3cc(OC)ccc3c2)c2cc(-n3ccnc3)ccc2C)c(C)c1. The summed E-state index contributed by atoms with van der Waals surface area (Å²) in [5.74, 6) is -0.507. The zero-order chi connectivity index (χ0) is 30.0. The van der Waals surface area contributed by atoms with Crippen LogP contribution in [0, 0.1) is 20.8 Å². The highest BCUT2D eigenvalue weighted by molar-refractivity contribution is 5.90. The van der Waals surface area contributed by atoms with Crippen LogP contribution in [0.2, 0.25) is 0 Å². The largest absolute Gasteiger partial charge is 0.497 e. The number of aryl methyl sites for hydroxylation is 3. The lowest BCUT2D eigenvalue weighted by molar-refractivity contribution is -0.149. The molecule has 0 aliphatic rings. The summed E-state index contributed by atoms with van der Waals surface area (Å²) in [7, 11) is 3.00. The van der Waals surface area contributed by atoms with Gasteiger partial charge in [0.05, 0.1) is 32.0 Å². The maximum atomic E-state index is 13.9. The number of carbonyl (C=O) groups excluding carboxylic acids is 2. The molecule has 5 rings (SSSR count). The van der Waals surface area contributed by atoms with E-state index in [1.807, 2.05) is 93.1 Å². The van der Waals surface area contributed by atoms with Crippen LogP contribution in [0.3, 0.4) is 0 Å². The van der Waals surface area contributed by atoms with Crippen LogP contribution in [-0.4, -0.2) is 35.7 Å². The quantitative estimate of drug-likeness (QED) is 0.186. The van der Waals surface area contributed by atoms with Gasteiger partial charge in [0.2, 0.25) is 0 Å². The van der Waals surface area contributed by atoms with Gasteiger partial charge in [0, 0.05) is 29.2 Å². The lowest BCUT2D eigenvalue weighted by Gasteiger charge is -2.26. The van der Waals surface area contributed by atoms with Gasteiger partial charge in [0.1, 0.15) is 5.75 Å². The van der Waals surface area contributed by atoms with Crippen molar-refractivity contribution in [2.75, 3.05) is 14.2 Å². The lowest BCUT2D eigenvalue weighted by atomic mass is 9.89. The van der Waals surface area contributed by atoms with E-state index in [9.17, 15) is 9.59 Å². The van der Waals surface area contributed by atoms with Gasteiger partial charge >= 0.3 is 11.9 Å². The van der Waals surface area contributed by atoms with Gasteiger partial charge in [-0.1, -0.05) is 30.3 Å². The average Bonchev–Trinajstić information content (AvgIpc) is 3.54. The van der Waals surface area contributed by atoms with Gasteiger partial charge in [0.25, 0.3) is 0 Å². The van der Waals surface area contributed by atoms with Crippen LogP contribution in [0.1, 0.15) is 62.7 Å². The van der Waals surface area contributed by atoms with Gasteiger partial charge in [-0.05, 0) is 97.1 Å². The number of ether oxygens (including phenoxy) is 3. The van der Waals surface area contributed by atoms with E-state index < -0.39 is 18.0 Å². The minimum atomic E-state index is -0.708. The minimum Gasteiger partial charge on any atom is -0.497 e. The first-order valence-corrected chi connectivity index (χ1v) is 13.8. The third-order valence-electron chi connectivity index (χ3n) is 7.78. The molecular weight excluding hydrogens is 528 g/mol. The molecule has 214 valence electrons. The predicted octanol–water partition coefficient (Wildman–Crippen LogP) is 7.18. The van der Waals surface area contributed by atoms with Crippen molar-refractivity contribution in [1.29, 1.82) is 0 Å². The standard InChI is InChI=1S/C35H34N2O5/c1-21-7-11-29(37-14-13-36-20-37)19-31(21)33(32-22(2)15-28(16-23(32)3)35(39)41-6)42-34(38)24(4)25-8-9-27-18-30(40-5)12-10-26(27)17-25/h7-20,24,33H,1-6H3/t24-,33+/m0/s1. The van der Waals surface area contributed by atoms with Crippen LogP contribution < -0.4 is 4.74 Å². The smallest absolute Gasteiger partial charge is 0.337 e. The average molecular weight is 563 g/mol. The maximum absolute atomic E-state index is 13.9. The molecule has 0 bridgehead atoms. The third-order valence-corrected chi connectivity index (χ3v) is 7.78. The Hall–Kier alpha value is -4.91. The number of imidazole rings is 1. The number of hydrogen-bond donors (Lipinski definition) is 0. The predicted molar refractivity (Wildman–Crippen MR) is 162 cm³/mol. The molecule has 0 aliphatic carbocycles. The second-order valence-electron chi connectivity index (χ2n) is 10.5. The molecule has 1 aromatic heterocycles. The molecule has 0 aliphatic heterocycles. The molecule has 0 fully saturated rings. The van der Waals surface area contributed by atoms with Gasteiger partial charge in [0.15, 0.2) is 6.10 Å². The molecule has 0 spiro atoms. The lowest BCUT2D eigenvalue weighted by Crippen LogP contribution is -2.20. The van der Waals surface area contributed by atoms with E-state index in [0.29, 0.717) is 5.56 Å². The van der Waals surface area contributed by atoms with E-state index in [4.69, 9.17) is 14.2 Å². The molecule has 1 heterocycles. The number of rotatable bonds is 8. The molecule has 2 atom stereocenters. The van der Waals surface area contributed by atoms with Crippen LogP contribution in [0.15, 0.2) is 85.5 Å². The number of hydrogen-bond acceptors (Lipinski definition) is 6. The Morgan fingerprint density at radius 1 is 0.833 bits per heavy atom. The normalized spacial score (nSPS) is 12.5. The second-order valence-corrected chi connectivity index (χ2v) is 10.5. The van der Waals surface area contributed by atoms with E-state index in [0.717, 1.165) is 55.6 Å². The Balaban J connectivity index is 1.57. The summed E-state index contributed by atoms with van der Waals surface area (Å²) >= 11 is 0. The Morgan fingerprint density at radius 3 is 2.21 bits per heavy atom. The molecule has 7 nitrogen and oxygen atoms in total. The highest BCUT2D eigenvalue weighted by Gasteiger charge is 2.29. The summed E-state index contributed by atoms with van der Waals surface area (Å²) in [6.07, 6.45) is 4.61. The zero-order valence-electron chi connectivity index (χ0n) is 24.7. The zero-order valence-corrected chi connectivity index (χ0v) is 24.7. The van der Waals surface area contributed by atoms with Crippen LogP contribution in [-0.2, 0) is 14.3 Å². The number of methoxy groups -OCH3 is 2. The Kier molecular flexibility index (Phi) is 8.11. The van der Waals surface area contributed by atoms with Crippen molar-refractivity contribution < 1.29 is 23.8 Å². The topological polar surface area (TPSA) is 79.6 Å². The molecule has 0 amide bonds.